The van der Waals surface area contributed by atoms with Crippen LogP contribution >= 0.6 is 0 Å². The number of carbonyl (C=O) groups excluding carboxylic acids is 1. The molecule has 3 atom stereocenters. The lowest BCUT2D eigenvalue weighted by atomic mass is 9.85. The normalized spacial score (nSPS) is 36.1. The Kier molecular flexibility index (Phi) is 3.09. The zero-order valence-corrected chi connectivity index (χ0v) is 7.96. The first kappa shape index (κ1) is 9.52. The maximum absolute atomic E-state index is 11.3. The number of methoxy groups -OCH3 is 1. The van der Waals surface area contributed by atoms with Crippen molar-refractivity contribution in [2.45, 2.75) is 26.3 Å². The van der Waals surface area contributed by atoms with Crippen LogP contribution in [0.1, 0.15) is 20.3 Å². The lowest BCUT2D eigenvalue weighted by Crippen LogP contribution is -2.44. The third kappa shape index (κ3) is 1.97. The van der Waals surface area contributed by atoms with Crippen LogP contribution in [0.25, 0.3) is 0 Å². The fraction of sp³-hybridized carbons (Fsp3) is 0.889. The minimum absolute atomic E-state index is 0.0594. The SMILES string of the molecule is COC(=O)[C@@H]1C[C@@H](C)NC[C@@H]1C. The highest BCUT2D eigenvalue weighted by atomic mass is 16.5. The molecule has 0 saturated carbocycles. The van der Waals surface area contributed by atoms with Crippen molar-refractivity contribution in [1.82, 2.24) is 5.32 Å². The van der Waals surface area contributed by atoms with Crippen LogP contribution in [0, 0.1) is 11.8 Å². The molecule has 1 saturated heterocycles. The van der Waals surface area contributed by atoms with E-state index < -0.39 is 0 Å². The summed E-state index contributed by atoms with van der Waals surface area (Å²) in [4.78, 5) is 11.3. The van der Waals surface area contributed by atoms with Crippen molar-refractivity contribution >= 4 is 5.97 Å². The van der Waals surface area contributed by atoms with Crippen LogP contribution in [0.5, 0.6) is 0 Å². The molecule has 0 unspecified atom stereocenters. The number of rotatable bonds is 1. The lowest BCUT2D eigenvalue weighted by molar-refractivity contribution is -0.148. The van der Waals surface area contributed by atoms with E-state index in [2.05, 4.69) is 19.2 Å². The standard InChI is InChI=1S/C9H17NO2/c1-6-5-10-7(2)4-8(6)9(11)12-3/h6-8,10H,4-5H2,1-3H3/t6-,7+,8+/m0/s1. The Morgan fingerprint density at radius 1 is 1.50 bits per heavy atom. The second kappa shape index (κ2) is 3.90. The molecule has 12 heavy (non-hydrogen) atoms. The van der Waals surface area contributed by atoms with E-state index in [1.807, 2.05) is 0 Å². The first-order valence-corrected chi connectivity index (χ1v) is 4.46. The lowest BCUT2D eigenvalue weighted by Gasteiger charge is -2.31. The van der Waals surface area contributed by atoms with Crippen LogP contribution in [-0.4, -0.2) is 25.7 Å². The topological polar surface area (TPSA) is 38.3 Å². The predicted octanol–water partition coefficient (Wildman–Crippen LogP) is 0.793. The van der Waals surface area contributed by atoms with Crippen molar-refractivity contribution < 1.29 is 9.53 Å². The number of esters is 1. The second-order valence-electron chi connectivity index (χ2n) is 3.65. The maximum atomic E-state index is 11.3. The van der Waals surface area contributed by atoms with Gasteiger partial charge in [0.2, 0.25) is 0 Å². The fourth-order valence-corrected chi connectivity index (χ4v) is 1.71. The quantitative estimate of drug-likeness (QED) is 0.593. The van der Waals surface area contributed by atoms with Gasteiger partial charge < -0.3 is 10.1 Å². The molecule has 1 aliphatic heterocycles. The largest absolute Gasteiger partial charge is 0.469 e. The first-order valence-electron chi connectivity index (χ1n) is 4.46. The number of carbonyl (C=O) groups is 1. The summed E-state index contributed by atoms with van der Waals surface area (Å²) in [5.41, 5.74) is 0. The van der Waals surface area contributed by atoms with E-state index in [9.17, 15) is 4.79 Å². The molecule has 0 radical (unpaired) electrons. The summed E-state index contributed by atoms with van der Waals surface area (Å²) in [7, 11) is 1.46. The van der Waals surface area contributed by atoms with Gasteiger partial charge in [-0.05, 0) is 25.8 Å². The Bertz CT molecular complexity index is 170. The smallest absolute Gasteiger partial charge is 0.309 e. The highest BCUT2D eigenvalue weighted by Crippen LogP contribution is 2.22. The van der Waals surface area contributed by atoms with Crippen LogP contribution < -0.4 is 5.32 Å². The van der Waals surface area contributed by atoms with Crippen molar-refractivity contribution in [3.8, 4) is 0 Å². The zero-order chi connectivity index (χ0) is 9.14. The van der Waals surface area contributed by atoms with E-state index in [0.29, 0.717) is 12.0 Å². The number of ether oxygens (including phenoxy) is 1. The fourth-order valence-electron chi connectivity index (χ4n) is 1.71. The molecule has 0 spiro atoms. The molecule has 0 aromatic carbocycles. The van der Waals surface area contributed by atoms with Gasteiger partial charge in [-0.1, -0.05) is 6.92 Å². The zero-order valence-electron chi connectivity index (χ0n) is 7.96. The molecule has 1 fully saturated rings. The third-order valence-corrected chi connectivity index (χ3v) is 2.59. The van der Waals surface area contributed by atoms with E-state index in [1.54, 1.807) is 0 Å². The van der Waals surface area contributed by atoms with Gasteiger partial charge in [-0.25, -0.2) is 0 Å². The van der Waals surface area contributed by atoms with Crippen molar-refractivity contribution in [2.24, 2.45) is 11.8 Å². The molecule has 0 amide bonds. The summed E-state index contributed by atoms with van der Waals surface area (Å²) in [6, 6.07) is 0.435. The van der Waals surface area contributed by atoms with E-state index in [-0.39, 0.29) is 11.9 Å². The Labute approximate surface area is 73.5 Å². The molecular formula is C9H17NO2. The van der Waals surface area contributed by atoms with Crippen molar-refractivity contribution in [2.75, 3.05) is 13.7 Å². The van der Waals surface area contributed by atoms with Crippen LogP contribution in [0.2, 0.25) is 0 Å². The second-order valence-corrected chi connectivity index (χ2v) is 3.65. The van der Waals surface area contributed by atoms with Crippen LogP contribution in [0.15, 0.2) is 0 Å². The van der Waals surface area contributed by atoms with Crippen molar-refractivity contribution in [3.05, 3.63) is 0 Å². The molecule has 3 heteroatoms. The van der Waals surface area contributed by atoms with Gasteiger partial charge in [-0.15, -0.1) is 0 Å². The van der Waals surface area contributed by atoms with Crippen LogP contribution in [0.4, 0.5) is 0 Å². The van der Waals surface area contributed by atoms with Crippen LogP contribution in [-0.2, 0) is 9.53 Å². The summed E-state index contributed by atoms with van der Waals surface area (Å²) in [5.74, 6) is 0.427. The van der Waals surface area contributed by atoms with E-state index >= 15 is 0 Å². The molecule has 3 nitrogen and oxygen atoms in total. The molecule has 1 rings (SSSR count). The molecule has 70 valence electrons. The third-order valence-electron chi connectivity index (χ3n) is 2.59. The molecule has 0 aliphatic carbocycles. The molecule has 1 N–H and O–H groups in total. The average molecular weight is 171 g/mol. The highest BCUT2D eigenvalue weighted by Gasteiger charge is 2.31. The van der Waals surface area contributed by atoms with Gasteiger partial charge in [-0.2, -0.15) is 0 Å². The Morgan fingerprint density at radius 2 is 2.17 bits per heavy atom. The van der Waals surface area contributed by atoms with Gasteiger partial charge in [0.25, 0.3) is 0 Å². The monoisotopic (exact) mass is 171 g/mol. The molecule has 0 aromatic rings. The summed E-state index contributed by atoms with van der Waals surface area (Å²) in [6.07, 6.45) is 0.897. The highest BCUT2D eigenvalue weighted by molar-refractivity contribution is 5.72. The first-order chi connectivity index (χ1) is 5.65. The summed E-state index contributed by atoms with van der Waals surface area (Å²) in [6.45, 7) is 5.10. The number of hydrogen-bond acceptors (Lipinski definition) is 3. The van der Waals surface area contributed by atoms with E-state index in [4.69, 9.17) is 4.74 Å². The number of hydrogen-bond donors (Lipinski definition) is 1. The van der Waals surface area contributed by atoms with Gasteiger partial charge in [0.1, 0.15) is 0 Å². The molecular weight excluding hydrogens is 154 g/mol. The van der Waals surface area contributed by atoms with E-state index in [1.165, 1.54) is 7.11 Å². The Hall–Kier alpha value is -0.570. The van der Waals surface area contributed by atoms with Crippen LogP contribution in [0.3, 0.4) is 0 Å². The van der Waals surface area contributed by atoms with E-state index in [0.717, 1.165) is 13.0 Å². The number of piperidine rings is 1. The number of nitrogens with one attached hydrogen (secondary N) is 1. The van der Waals surface area contributed by atoms with Crippen molar-refractivity contribution in [1.29, 1.82) is 0 Å². The minimum atomic E-state index is -0.0594. The van der Waals surface area contributed by atoms with Gasteiger partial charge in [0.05, 0.1) is 13.0 Å². The molecule has 0 bridgehead atoms. The summed E-state index contributed by atoms with van der Waals surface area (Å²) >= 11 is 0. The average Bonchev–Trinajstić information content (AvgIpc) is 2.08. The Morgan fingerprint density at radius 3 is 2.75 bits per heavy atom. The minimum Gasteiger partial charge on any atom is -0.469 e. The molecule has 1 heterocycles. The van der Waals surface area contributed by atoms with Gasteiger partial charge in [-0.3, -0.25) is 4.79 Å². The van der Waals surface area contributed by atoms with Gasteiger partial charge in [0.15, 0.2) is 0 Å². The summed E-state index contributed by atoms with van der Waals surface area (Å²) in [5, 5.41) is 3.33. The summed E-state index contributed by atoms with van der Waals surface area (Å²) < 4.78 is 4.74. The van der Waals surface area contributed by atoms with Gasteiger partial charge >= 0.3 is 5.97 Å². The predicted molar refractivity (Wildman–Crippen MR) is 46.8 cm³/mol. The molecule has 1 aliphatic rings. The maximum Gasteiger partial charge on any atom is 0.309 e. The van der Waals surface area contributed by atoms with Crippen molar-refractivity contribution in [3.63, 3.8) is 0 Å². The molecule has 0 aromatic heterocycles. The van der Waals surface area contributed by atoms with Gasteiger partial charge in [0, 0.05) is 6.04 Å². The Balaban J connectivity index is 2.54.